The highest BCUT2D eigenvalue weighted by atomic mass is 32.2. The van der Waals surface area contributed by atoms with E-state index in [1.54, 1.807) is 18.2 Å². The fourth-order valence-corrected chi connectivity index (χ4v) is 6.84. The summed E-state index contributed by atoms with van der Waals surface area (Å²) in [6.07, 6.45) is 3.54. The minimum absolute atomic E-state index is 0.115. The summed E-state index contributed by atoms with van der Waals surface area (Å²) in [5.74, 6) is 0.563. The second kappa shape index (κ2) is 10.8. The molecule has 0 unspecified atom stereocenters. The lowest BCUT2D eigenvalue weighted by Crippen LogP contribution is -2.51. The van der Waals surface area contributed by atoms with Gasteiger partial charge in [-0.2, -0.15) is 0 Å². The quantitative estimate of drug-likeness (QED) is 0.416. The molecule has 3 aromatic carbocycles. The molecule has 3 aromatic rings. The van der Waals surface area contributed by atoms with Crippen LogP contribution in [0.2, 0.25) is 0 Å². The molecule has 7 nitrogen and oxygen atoms in total. The van der Waals surface area contributed by atoms with Crippen LogP contribution in [0, 0.1) is 0 Å². The third-order valence-corrected chi connectivity index (χ3v) is 9.66. The molecule has 0 fully saturated rings. The molecule has 0 saturated carbocycles. The highest BCUT2D eigenvalue weighted by molar-refractivity contribution is 7.92. The van der Waals surface area contributed by atoms with E-state index in [-0.39, 0.29) is 28.8 Å². The van der Waals surface area contributed by atoms with E-state index in [9.17, 15) is 13.2 Å². The van der Waals surface area contributed by atoms with Crippen LogP contribution in [-0.2, 0) is 33.1 Å². The number of benzene rings is 3. The van der Waals surface area contributed by atoms with E-state index in [1.165, 1.54) is 47.5 Å². The Morgan fingerprint density at radius 2 is 1.70 bits per heavy atom. The summed E-state index contributed by atoms with van der Waals surface area (Å²) < 4.78 is 40.6. The van der Waals surface area contributed by atoms with E-state index in [4.69, 9.17) is 9.47 Å². The SMILES string of the molecule is COc1ccc(S(=O)(=O)N2C[C@@H](C(=O)N[C@H](C)c3ccc4c(c3)CCCC4)Oc3ccc(C(C)(C)C)cc32)cc1. The molecular weight excluding hydrogens is 524 g/mol. The maximum absolute atomic E-state index is 14.0. The van der Waals surface area contributed by atoms with E-state index in [2.05, 4.69) is 44.3 Å². The van der Waals surface area contributed by atoms with Gasteiger partial charge in [0.15, 0.2) is 6.10 Å². The molecule has 40 heavy (non-hydrogen) atoms. The van der Waals surface area contributed by atoms with Crippen LogP contribution in [0.3, 0.4) is 0 Å². The van der Waals surface area contributed by atoms with Crippen LogP contribution in [0.4, 0.5) is 5.69 Å². The van der Waals surface area contributed by atoms with Crippen molar-refractivity contribution < 1.29 is 22.7 Å². The van der Waals surface area contributed by atoms with E-state index >= 15 is 0 Å². The van der Waals surface area contributed by atoms with Crippen molar-refractivity contribution in [2.24, 2.45) is 0 Å². The Labute approximate surface area is 237 Å². The van der Waals surface area contributed by atoms with Crippen molar-refractivity contribution in [2.75, 3.05) is 18.0 Å². The molecule has 0 bridgehead atoms. The average Bonchev–Trinajstić information content (AvgIpc) is 2.95. The first-order chi connectivity index (χ1) is 19.0. The summed E-state index contributed by atoms with van der Waals surface area (Å²) >= 11 is 0. The fraction of sp³-hybridized carbons (Fsp3) is 0.406. The van der Waals surface area contributed by atoms with Crippen LogP contribution in [0.15, 0.2) is 65.6 Å². The van der Waals surface area contributed by atoms with Crippen molar-refractivity contribution in [3.05, 3.63) is 82.9 Å². The second-order valence-corrected chi connectivity index (χ2v) is 13.6. The minimum Gasteiger partial charge on any atom is -0.497 e. The Kier molecular flexibility index (Phi) is 7.57. The number of nitrogens with zero attached hydrogens (tertiary/aromatic N) is 1. The Morgan fingerprint density at radius 3 is 2.38 bits per heavy atom. The Hall–Kier alpha value is -3.52. The molecule has 1 aliphatic heterocycles. The van der Waals surface area contributed by atoms with Crippen molar-refractivity contribution in [3.63, 3.8) is 0 Å². The van der Waals surface area contributed by atoms with Crippen molar-refractivity contribution >= 4 is 21.6 Å². The number of hydrogen-bond acceptors (Lipinski definition) is 5. The second-order valence-electron chi connectivity index (χ2n) is 11.7. The minimum atomic E-state index is -4.00. The number of amides is 1. The zero-order valence-electron chi connectivity index (χ0n) is 23.9. The van der Waals surface area contributed by atoms with Crippen LogP contribution in [0.5, 0.6) is 11.5 Å². The molecular formula is C32H38N2O5S. The highest BCUT2D eigenvalue weighted by Gasteiger charge is 2.38. The van der Waals surface area contributed by atoms with Gasteiger partial charge in [0.25, 0.3) is 15.9 Å². The molecule has 0 saturated heterocycles. The molecule has 212 valence electrons. The van der Waals surface area contributed by atoms with Gasteiger partial charge in [0.1, 0.15) is 11.5 Å². The van der Waals surface area contributed by atoms with Crippen LogP contribution in [0.1, 0.15) is 68.8 Å². The summed E-state index contributed by atoms with van der Waals surface area (Å²) in [6, 6.07) is 18.0. The van der Waals surface area contributed by atoms with Gasteiger partial charge >= 0.3 is 0 Å². The van der Waals surface area contributed by atoms with Crippen LogP contribution in [-0.4, -0.2) is 34.1 Å². The van der Waals surface area contributed by atoms with Gasteiger partial charge in [-0.1, -0.05) is 45.0 Å². The smallest absolute Gasteiger partial charge is 0.264 e. The Balaban J connectivity index is 1.45. The molecule has 8 heteroatoms. The van der Waals surface area contributed by atoms with Gasteiger partial charge in [-0.25, -0.2) is 8.42 Å². The van der Waals surface area contributed by atoms with Gasteiger partial charge in [-0.05, 0) is 96.7 Å². The Morgan fingerprint density at radius 1 is 1.00 bits per heavy atom. The maximum Gasteiger partial charge on any atom is 0.264 e. The summed E-state index contributed by atoms with van der Waals surface area (Å²) in [5.41, 5.74) is 4.95. The first-order valence-corrected chi connectivity index (χ1v) is 15.3. The van der Waals surface area contributed by atoms with E-state index in [0.29, 0.717) is 17.2 Å². The number of sulfonamides is 1. The number of aryl methyl sites for hydroxylation is 2. The zero-order chi connectivity index (χ0) is 28.7. The lowest BCUT2D eigenvalue weighted by Gasteiger charge is -2.36. The number of ether oxygens (including phenoxy) is 2. The molecule has 1 N–H and O–H groups in total. The van der Waals surface area contributed by atoms with Gasteiger partial charge in [-0.15, -0.1) is 0 Å². The van der Waals surface area contributed by atoms with E-state index in [0.717, 1.165) is 24.0 Å². The normalized spacial score (nSPS) is 17.7. The summed E-state index contributed by atoms with van der Waals surface area (Å²) in [6.45, 7) is 8.01. The van der Waals surface area contributed by atoms with Crippen molar-refractivity contribution in [1.82, 2.24) is 5.32 Å². The number of carbonyl (C=O) groups excluding carboxylic acids is 1. The molecule has 2 aliphatic rings. The van der Waals surface area contributed by atoms with Crippen LogP contribution in [0.25, 0.3) is 0 Å². The molecule has 1 heterocycles. The monoisotopic (exact) mass is 562 g/mol. The standard InChI is InChI=1S/C32H38N2O5S/c1-21(23-11-10-22-8-6-7-9-24(22)18-23)33-31(35)30-20-34(40(36,37)27-15-13-26(38-5)14-16-27)28-19-25(32(2,3)4)12-17-29(28)39-30/h10-19,21,30H,6-9,20H2,1-5H3,(H,33,35)/t21-,30+/m1/s1. The van der Waals surface area contributed by atoms with Crippen molar-refractivity contribution in [2.45, 2.75) is 75.8 Å². The molecule has 0 aromatic heterocycles. The maximum atomic E-state index is 14.0. The van der Waals surface area contributed by atoms with E-state index in [1.807, 2.05) is 19.1 Å². The first kappa shape index (κ1) is 28.0. The first-order valence-electron chi connectivity index (χ1n) is 13.9. The van der Waals surface area contributed by atoms with Crippen molar-refractivity contribution in [1.29, 1.82) is 0 Å². The number of anilines is 1. The number of methoxy groups -OCH3 is 1. The number of fused-ring (bicyclic) bond motifs is 2. The summed E-state index contributed by atoms with van der Waals surface area (Å²) in [5, 5.41) is 3.06. The molecule has 0 radical (unpaired) electrons. The molecule has 2 atom stereocenters. The third-order valence-electron chi connectivity index (χ3n) is 7.87. The predicted octanol–water partition coefficient (Wildman–Crippen LogP) is 5.71. The highest BCUT2D eigenvalue weighted by Crippen LogP contribution is 2.40. The van der Waals surface area contributed by atoms with Crippen LogP contribution >= 0.6 is 0 Å². The number of carbonyl (C=O) groups is 1. The number of hydrogen-bond donors (Lipinski definition) is 1. The van der Waals surface area contributed by atoms with Gasteiger partial charge in [0.05, 0.1) is 30.3 Å². The van der Waals surface area contributed by atoms with Gasteiger partial charge in [0.2, 0.25) is 0 Å². The van der Waals surface area contributed by atoms with Gasteiger partial charge in [-0.3, -0.25) is 9.10 Å². The van der Waals surface area contributed by atoms with Crippen molar-refractivity contribution in [3.8, 4) is 11.5 Å². The number of nitrogens with one attached hydrogen (secondary N) is 1. The molecule has 1 amide bonds. The van der Waals surface area contributed by atoms with Gasteiger partial charge < -0.3 is 14.8 Å². The molecule has 5 rings (SSSR count). The topological polar surface area (TPSA) is 84.9 Å². The number of rotatable bonds is 6. The van der Waals surface area contributed by atoms with Gasteiger partial charge in [0, 0.05) is 0 Å². The fourth-order valence-electron chi connectivity index (χ4n) is 5.37. The Bertz CT molecular complexity index is 1510. The lowest BCUT2D eigenvalue weighted by atomic mass is 9.86. The van der Waals surface area contributed by atoms with E-state index < -0.39 is 16.1 Å². The average molecular weight is 563 g/mol. The van der Waals surface area contributed by atoms with Crippen LogP contribution < -0.4 is 19.1 Å². The molecule has 0 spiro atoms. The zero-order valence-corrected chi connectivity index (χ0v) is 24.7. The summed E-state index contributed by atoms with van der Waals surface area (Å²) in [4.78, 5) is 13.6. The largest absolute Gasteiger partial charge is 0.497 e. The summed E-state index contributed by atoms with van der Waals surface area (Å²) in [7, 11) is -2.47. The lowest BCUT2D eigenvalue weighted by molar-refractivity contribution is -0.128. The third kappa shape index (κ3) is 5.55. The molecule has 1 aliphatic carbocycles. The predicted molar refractivity (Wildman–Crippen MR) is 157 cm³/mol.